The van der Waals surface area contributed by atoms with E-state index in [0.29, 0.717) is 39.9 Å². The van der Waals surface area contributed by atoms with E-state index in [0.717, 1.165) is 41.8 Å². The first kappa shape index (κ1) is 24.1. The fraction of sp³-hybridized carbons (Fsp3) is 0.310. The molecule has 0 fully saturated rings. The van der Waals surface area contributed by atoms with E-state index in [9.17, 15) is 9.59 Å². The molecule has 0 aliphatic carbocycles. The molecule has 0 unspecified atom stereocenters. The summed E-state index contributed by atoms with van der Waals surface area (Å²) >= 11 is 0. The minimum Gasteiger partial charge on any atom is -0.492 e. The zero-order chi connectivity index (χ0) is 26.4. The quantitative estimate of drug-likeness (QED) is 0.411. The van der Waals surface area contributed by atoms with Gasteiger partial charge in [-0.3, -0.25) is 9.59 Å². The van der Waals surface area contributed by atoms with Gasteiger partial charge in [-0.25, -0.2) is 0 Å². The molecule has 196 valence electrons. The topological polar surface area (TPSA) is 103 Å². The SMILES string of the molecule is COc1c2c(c(CNC(=O)Cc3c(-c4ccccc4)oc4c(=O)cc(C)oc34)c3c1OCO3)CCN(C)C2. The smallest absolute Gasteiger partial charge is 0.231 e. The van der Waals surface area contributed by atoms with E-state index in [1.807, 2.05) is 30.3 Å². The molecule has 38 heavy (non-hydrogen) atoms. The van der Waals surface area contributed by atoms with Crippen LogP contribution in [0.3, 0.4) is 0 Å². The van der Waals surface area contributed by atoms with Crippen molar-refractivity contribution in [2.75, 3.05) is 27.5 Å². The Morgan fingerprint density at radius 3 is 2.63 bits per heavy atom. The van der Waals surface area contributed by atoms with E-state index in [1.165, 1.54) is 6.07 Å². The monoisotopic (exact) mass is 516 g/mol. The maximum Gasteiger partial charge on any atom is 0.231 e. The van der Waals surface area contributed by atoms with Gasteiger partial charge in [-0.1, -0.05) is 30.3 Å². The number of rotatable bonds is 6. The number of likely N-dealkylation sites (N-methyl/N-ethyl adjacent to an activating group) is 1. The summed E-state index contributed by atoms with van der Waals surface area (Å²) in [6, 6.07) is 10.8. The van der Waals surface area contributed by atoms with Crippen LogP contribution in [0.25, 0.3) is 22.5 Å². The van der Waals surface area contributed by atoms with Crippen LogP contribution in [0.2, 0.25) is 0 Å². The number of ether oxygens (including phenoxy) is 3. The van der Waals surface area contributed by atoms with Crippen LogP contribution in [-0.4, -0.2) is 38.3 Å². The molecule has 0 radical (unpaired) electrons. The summed E-state index contributed by atoms with van der Waals surface area (Å²) in [7, 11) is 3.70. The highest BCUT2D eigenvalue weighted by atomic mass is 16.7. The normalized spacial score (nSPS) is 14.5. The van der Waals surface area contributed by atoms with Gasteiger partial charge in [0.15, 0.2) is 17.1 Å². The van der Waals surface area contributed by atoms with Crippen molar-refractivity contribution in [3.63, 3.8) is 0 Å². The Bertz CT molecular complexity index is 1600. The zero-order valence-corrected chi connectivity index (χ0v) is 21.5. The third-order valence-electron chi connectivity index (χ3n) is 7.09. The number of fused-ring (bicyclic) bond motifs is 3. The lowest BCUT2D eigenvalue weighted by Crippen LogP contribution is -2.30. The van der Waals surface area contributed by atoms with Crippen LogP contribution in [0.15, 0.2) is 50.0 Å². The number of furan rings is 1. The molecule has 0 atom stereocenters. The first-order valence-corrected chi connectivity index (χ1v) is 12.5. The number of methoxy groups -OCH3 is 1. The van der Waals surface area contributed by atoms with Crippen LogP contribution in [0.1, 0.15) is 28.0 Å². The van der Waals surface area contributed by atoms with E-state index < -0.39 is 0 Å². The van der Waals surface area contributed by atoms with Crippen molar-refractivity contribution in [2.24, 2.45) is 0 Å². The summed E-state index contributed by atoms with van der Waals surface area (Å²) in [5.74, 6) is 2.55. The van der Waals surface area contributed by atoms with Gasteiger partial charge in [0.2, 0.25) is 29.5 Å². The van der Waals surface area contributed by atoms with Gasteiger partial charge < -0.3 is 33.3 Å². The number of carbonyl (C=O) groups is 1. The van der Waals surface area contributed by atoms with Crippen LogP contribution in [0, 0.1) is 6.92 Å². The number of hydrogen-bond acceptors (Lipinski definition) is 8. The van der Waals surface area contributed by atoms with Gasteiger partial charge in [0.05, 0.1) is 19.1 Å². The van der Waals surface area contributed by atoms with Crippen molar-refractivity contribution in [1.29, 1.82) is 0 Å². The second-order valence-electron chi connectivity index (χ2n) is 9.63. The predicted molar refractivity (Wildman–Crippen MR) is 140 cm³/mol. The van der Waals surface area contributed by atoms with Gasteiger partial charge in [-0.15, -0.1) is 0 Å². The molecule has 4 heterocycles. The summed E-state index contributed by atoms with van der Waals surface area (Å²) in [6.45, 7) is 3.67. The predicted octanol–water partition coefficient (Wildman–Crippen LogP) is 3.95. The third-order valence-corrected chi connectivity index (χ3v) is 7.09. The number of nitrogens with zero attached hydrogens (tertiary/aromatic N) is 1. The molecule has 2 aromatic heterocycles. The average Bonchev–Trinajstić information content (AvgIpc) is 3.53. The lowest BCUT2D eigenvalue weighted by atomic mass is 9.92. The Kier molecular flexibility index (Phi) is 6.07. The van der Waals surface area contributed by atoms with Crippen LogP contribution in [0.5, 0.6) is 17.2 Å². The van der Waals surface area contributed by atoms with Gasteiger partial charge in [0, 0.05) is 42.4 Å². The van der Waals surface area contributed by atoms with Crippen molar-refractivity contribution in [3.05, 3.63) is 74.6 Å². The van der Waals surface area contributed by atoms with E-state index in [2.05, 4.69) is 17.3 Å². The summed E-state index contributed by atoms with van der Waals surface area (Å²) in [6.07, 6.45) is 0.781. The molecule has 0 bridgehead atoms. The van der Waals surface area contributed by atoms with Gasteiger partial charge >= 0.3 is 0 Å². The van der Waals surface area contributed by atoms with Crippen molar-refractivity contribution in [2.45, 2.75) is 32.9 Å². The van der Waals surface area contributed by atoms with Crippen LogP contribution < -0.4 is 25.0 Å². The highest BCUT2D eigenvalue weighted by Gasteiger charge is 2.32. The standard InChI is InChI=1S/C29H28N2O7/c1-16-11-22(32)28-27(37-16)19(24(38-28)17-7-5-4-6-8-17)12-23(33)30-13-20-18-9-10-31(2)14-21(18)25(34-3)29-26(20)35-15-36-29/h4-8,11H,9-10,12-15H2,1-3H3,(H,30,33). The van der Waals surface area contributed by atoms with Gasteiger partial charge in [0.1, 0.15) is 11.5 Å². The van der Waals surface area contributed by atoms with E-state index in [1.54, 1.807) is 14.0 Å². The fourth-order valence-electron chi connectivity index (χ4n) is 5.34. The van der Waals surface area contributed by atoms with Crippen LogP contribution in [-0.2, 0) is 30.7 Å². The minimum atomic E-state index is -0.282. The maximum absolute atomic E-state index is 13.3. The number of hydrogen-bond donors (Lipinski definition) is 1. The Morgan fingerprint density at radius 1 is 1.05 bits per heavy atom. The highest BCUT2D eigenvalue weighted by Crippen LogP contribution is 2.49. The lowest BCUT2D eigenvalue weighted by molar-refractivity contribution is -0.120. The third kappa shape index (κ3) is 4.09. The molecular weight excluding hydrogens is 488 g/mol. The number of amides is 1. The van der Waals surface area contributed by atoms with E-state index in [-0.39, 0.29) is 36.7 Å². The summed E-state index contributed by atoms with van der Waals surface area (Å²) in [4.78, 5) is 28.2. The Hall–Kier alpha value is -4.24. The number of aryl methyl sites for hydroxylation is 1. The van der Waals surface area contributed by atoms with E-state index >= 15 is 0 Å². The molecule has 9 nitrogen and oxygen atoms in total. The Labute approximate surface area is 218 Å². The molecular formula is C29H28N2O7. The first-order chi connectivity index (χ1) is 18.4. The maximum atomic E-state index is 13.3. The second kappa shape index (κ2) is 9.57. The van der Waals surface area contributed by atoms with Crippen LogP contribution >= 0.6 is 0 Å². The molecule has 1 N–H and O–H groups in total. The zero-order valence-electron chi connectivity index (χ0n) is 21.5. The Balaban J connectivity index is 1.34. The molecule has 0 saturated carbocycles. The van der Waals surface area contributed by atoms with Gasteiger partial charge in [-0.05, 0) is 26.0 Å². The van der Waals surface area contributed by atoms with Crippen molar-refractivity contribution in [1.82, 2.24) is 10.2 Å². The molecule has 0 spiro atoms. The number of carbonyl (C=O) groups excluding carboxylic acids is 1. The molecule has 1 amide bonds. The highest BCUT2D eigenvalue weighted by molar-refractivity contribution is 5.90. The largest absolute Gasteiger partial charge is 0.492 e. The molecule has 2 aliphatic heterocycles. The number of benzene rings is 2. The van der Waals surface area contributed by atoms with Gasteiger partial charge in [0.25, 0.3) is 0 Å². The summed E-state index contributed by atoms with van der Waals surface area (Å²) in [5.41, 5.74) is 4.49. The average molecular weight is 517 g/mol. The minimum absolute atomic E-state index is 0.0236. The lowest BCUT2D eigenvalue weighted by Gasteiger charge is -2.29. The summed E-state index contributed by atoms with van der Waals surface area (Å²) in [5, 5.41) is 3.05. The first-order valence-electron chi connectivity index (χ1n) is 12.5. The molecule has 9 heteroatoms. The van der Waals surface area contributed by atoms with Crippen LogP contribution in [0.4, 0.5) is 0 Å². The molecule has 2 aliphatic rings. The molecule has 0 saturated heterocycles. The van der Waals surface area contributed by atoms with Crippen molar-refractivity contribution < 1.29 is 27.8 Å². The fourth-order valence-corrected chi connectivity index (χ4v) is 5.34. The molecule has 2 aromatic carbocycles. The summed E-state index contributed by atoms with van der Waals surface area (Å²) < 4.78 is 29.1. The van der Waals surface area contributed by atoms with Crippen molar-refractivity contribution in [3.8, 4) is 28.6 Å². The Morgan fingerprint density at radius 2 is 1.84 bits per heavy atom. The molecule has 4 aromatic rings. The molecule has 6 rings (SSSR count). The van der Waals surface area contributed by atoms with Crippen molar-refractivity contribution >= 4 is 17.1 Å². The van der Waals surface area contributed by atoms with E-state index in [4.69, 9.17) is 23.0 Å². The van der Waals surface area contributed by atoms with Gasteiger partial charge in [-0.2, -0.15) is 0 Å². The number of nitrogens with one attached hydrogen (secondary N) is 1. The second-order valence-corrected chi connectivity index (χ2v) is 9.63.